The third-order valence-corrected chi connectivity index (χ3v) is 6.63. The minimum absolute atomic E-state index is 0.0413. The summed E-state index contributed by atoms with van der Waals surface area (Å²) in [6, 6.07) is 13.8. The van der Waals surface area contributed by atoms with Crippen LogP contribution in [0.4, 0.5) is 4.79 Å². The van der Waals surface area contributed by atoms with E-state index in [2.05, 4.69) is 5.32 Å². The van der Waals surface area contributed by atoms with Crippen molar-refractivity contribution >= 4 is 45.1 Å². The molecule has 6 nitrogen and oxygen atoms in total. The van der Waals surface area contributed by atoms with E-state index in [1.54, 1.807) is 29.5 Å². The topological polar surface area (TPSA) is 88.3 Å². The Morgan fingerprint density at radius 1 is 1.24 bits per heavy atom. The first-order valence-corrected chi connectivity index (χ1v) is 10.7. The Hall–Kier alpha value is -2.64. The molecule has 3 amide bonds. The Kier molecular flexibility index (Phi) is 5.69. The molecule has 2 unspecified atom stereocenters. The molecule has 2 aromatic carbocycles. The number of primary amides is 1. The van der Waals surface area contributed by atoms with E-state index in [0.29, 0.717) is 17.1 Å². The number of para-hydroxylation sites is 1. The minimum Gasteiger partial charge on any atom is -0.352 e. The highest BCUT2D eigenvalue weighted by Gasteiger charge is 2.33. The molecule has 0 bridgehead atoms. The van der Waals surface area contributed by atoms with Gasteiger partial charge in [-0.25, -0.2) is 9.78 Å². The molecule has 29 heavy (non-hydrogen) atoms. The number of benzene rings is 2. The van der Waals surface area contributed by atoms with Crippen LogP contribution in [-0.2, 0) is 4.79 Å². The van der Waals surface area contributed by atoms with Crippen molar-refractivity contribution in [2.75, 3.05) is 6.54 Å². The fraction of sp³-hybridized carbons (Fsp3) is 0.286. The molecule has 4 rings (SSSR count). The number of halogens is 1. The predicted octanol–water partition coefficient (Wildman–Crippen LogP) is 4.41. The molecule has 1 fully saturated rings. The van der Waals surface area contributed by atoms with Crippen LogP contribution in [0.3, 0.4) is 0 Å². The maximum Gasteiger partial charge on any atom is 0.312 e. The standard InChI is InChI=1S/C21H21ClN4O2S/c22-14-7-2-1-6-13(14)16(25-21(23)28)12-19(27)26-11-5-9-17(26)20-24-15-8-3-4-10-18(15)29-20/h1-4,6-8,10,16-17H,5,9,11-12H2,(H3,23,25,28). The van der Waals surface area contributed by atoms with Gasteiger partial charge in [-0.05, 0) is 36.6 Å². The number of fused-ring (bicyclic) bond motifs is 1. The molecule has 0 spiro atoms. The number of carbonyl (C=O) groups is 2. The van der Waals surface area contributed by atoms with Crippen LogP contribution in [0.2, 0.25) is 5.02 Å². The van der Waals surface area contributed by atoms with Crippen molar-refractivity contribution in [2.24, 2.45) is 5.73 Å². The van der Waals surface area contributed by atoms with E-state index < -0.39 is 12.1 Å². The molecule has 1 aromatic heterocycles. The summed E-state index contributed by atoms with van der Waals surface area (Å²) in [5, 5.41) is 4.10. The van der Waals surface area contributed by atoms with Gasteiger partial charge in [-0.15, -0.1) is 11.3 Å². The van der Waals surface area contributed by atoms with Gasteiger partial charge in [0.1, 0.15) is 5.01 Å². The maximum atomic E-state index is 13.2. The lowest BCUT2D eigenvalue weighted by molar-refractivity contribution is -0.132. The zero-order valence-electron chi connectivity index (χ0n) is 15.7. The summed E-state index contributed by atoms with van der Waals surface area (Å²) in [6.45, 7) is 0.672. The number of carbonyl (C=O) groups excluding carboxylic acids is 2. The quantitative estimate of drug-likeness (QED) is 0.630. The van der Waals surface area contributed by atoms with Crippen LogP contribution in [0.5, 0.6) is 0 Å². The number of thiazole rings is 1. The molecule has 0 radical (unpaired) electrons. The number of aromatic nitrogens is 1. The number of hydrogen-bond acceptors (Lipinski definition) is 4. The summed E-state index contributed by atoms with van der Waals surface area (Å²) >= 11 is 7.92. The highest BCUT2D eigenvalue weighted by Crippen LogP contribution is 2.37. The van der Waals surface area contributed by atoms with Crippen LogP contribution >= 0.6 is 22.9 Å². The third kappa shape index (κ3) is 4.21. The molecule has 1 aliphatic rings. The van der Waals surface area contributed by atoms with Crippen molar-refractivity contribution in [3.8, 4) is 0 Å². The second-order valence-electron chi connectivity index (χ2n) is 7.05. The number of nitrogens with two attached hydrogens (primary N) is 1. The molecule has 150 valence electrons. The number of likely N-dealkylation sites (tertiary alicyclic amines) is 1. The van der Waals surface area contributed by atoms with Crippen LogP contribution in [-0.4, -0.2) is 28.4 Å². The van der Waals surface area contributed by atoms with Crippen LogP contribution < -0.4 is 11.1 Å². The Bertz CT molecular complexity index is 1020. The van der Waals surface area contributed by atoms with Crippen LogP contribution in [0.1, 0.15) is 41.9 Å². The van der Waals surface area contributed by atoms with Crippen molar-refractivity contribution in [1.29, 1.82) is 0 Å². The summed E-state index contributed by atoms with van der Waals surface area (Å²) < 4.78 is 1.12. The Morgan fingerprint density at radius 3 is 2.76 bits per heavy atom. The number of urea groups is 1. The number of hydrogen-bond donors (Lipinski definition) is 2. The second kappa shape index (κ2) is 8.39. The Balaban J connectivity index is 1.56. The first kappa shape index (κ1) is 19.7. The van der Waals surface area contributed by atoms with E-state index in [4.69, 9.17) is 22.3 Å². The van der Waals surface area contributed by atoms with Gasteiger partial charge >= 0.3 is 6.03 Å². The van der Waals surface area contributed by atoms with Gasteiger partial charge in [-0.1, -0.05) is 41.9 Å². The van der Waals surface area contributed by atoms with E-state index in [0.717, 1.165) is 28.1 Å². The number of nitrogens with zero attached hydrogens (tertiary/aromatic N) is 2. The Labute approximate surface area is 177 Å². The monoisotopic (exact) mass is 428 g/mol. The molecule has 8 heteroatoms. The molecule has 3 N–H and O–H groups in total. The molecular formula is C21H21ClN4O2S. The highest BCUT2D eigenvalue weighted by atomic mass is 35.5. The van der Waals surface area contributed by atoms with Gasteiger partial charge in [0.2, 0.25) is 5.91 Å². The van der Waals surface area contributed by atoms with Gasteiger partial charge in [0.25, 0.3) is 0 Å². The van der Waals surface area contributed by atoms with Gasteiger partial charge in [0.05, 0.1) is 28.7 Å². The summed E-state index contributed by atoms with van der Waals surface area (Å²) in [5.41, 5.74) is 6.98. The predicted molar refractivity (Wildman–Crippen MR) is 115 cm³/mol. The van der Waals surface area contributed by atoms with Gasteiger partial charge < -0.3 is 16.0 Å². The van der Waals surface area contributed by atoms with Crippen LogP contribution in [0.25, 0.3) is 10.2 Å². The molecule has 1 saturated heterocycles. The molecule has 1 aliphatic heterocycles. The van der Waals surface area contributed by atoms with Crippen molar-refractivity contribution in [3.05, 3.63) is 64.1 Å². The summed E-state index contributed by atoms with van der Waals surface area (Å²) in [7, 11) is 0. The molecule has 3 aromatic rings. The lowest BCUT2D eigenvalue weighted by Crippen LogP contribution is -2.38. The number of amides is 3. The fourth-order valence-corrected chi connectivity index (χ4v) is 5.20. The summed E-state index contributed by atoms with van der Waals surface area (Å²) in [6.07, 6.45) is 1.89. The minimum atomic E-state index is -0.688. The summed E-state index contributed by atoms with van der Waals surface area (Å²) in [4.78, 5) is 31.3. The van der Waals surface area contributed by atoms with Gasteiger partial charge in [-0.2, -0.15) is 0 Å². The lowest BCUT2D eigenvalue weighted by Gasteiger charge is -2.26. The number of nitrogens with one attached hydrogen (secondary N) is 1. The van der Waals surface area contributed by atoms with Gasteiger partial charge in [0.15, 0.2) is 0 Å². The van der Waals surface area contributed by atoms with Crippen LogP contribution in [0.15, 0.2) is 48.5 Å². The zero-order valence-corrected chi connectivity index (χ0v) is 17.2. The largest absolute Gasteiger partial charge is 0.352 e. The van der Waals surface area contributed by atoms with E-state index >= 15 is 0 Å². The highest BCUT2D eigenvalue weighted by molar-refractivity contribution is 7.18. The number of rotatable bonds is 5. The van der Waals surface area contributed by atoms with Gasteiger partial charge in [-0.3, -0.25) is 4.79 Å². The van der Waals surface area contributed by atoms with E-state index in [1.165, 1.54) is 0 Å². The van der Waals surface area contributed by atoms with E-state index in [9.17, 15) is 9.59 Å². The fourth-order valence-electron chi connectivity index (χ4n) is 3.81. The lowest BCUT2D eigenvalue weighted by atomic mass is 10.0. The molecular weight excluding hydrogens is 408 g/mol. The molecule has 2 heterocycles. The average Bonchev–Trinajstić information content (AvgIpc) is 3.34. The smallest absolute Gasteiger partial charge is 0.312 e. The van der Waals surface area contributed by atoms with E-state index in [1.807, 2.05) is 35.2 Å². The first-order chi connectivity index (χ1) is 14.0. The second-order valence-corrected chi connectivity index (χ2v) is 8.52. The maximum absolute atomic E-state index is 13.2. The molecule has 0 saturated carbocycles. The van der Waals surface area contributed by atoms with Crippen molar-refractivity contribution in [3.63, 3.8) is 0 Å². The van der Waals surface area contributed by atoms with E-state index in [-0.39, 0.29) is 18.4 Å². The first-order valence-electron chi connectivity index (χ1n) is 9.48. The average molecular weight is 429 g/mol. The normalized spacial score (nSPS) is 17.4. The van der Waals surface area contributed by atoms with Crippen molar-refractivity contribution < 1.29 is 9.59 Å². The van der Waals surface area contributed by atoms with Crippen molar-refractivity contribution in [1.82, 2.24) is 15.2 Å². The zero-order chi connectivity index (χ0) is 20.4. The van der Waals surface area contributed by atoms with Crippen molar-refractivity contribution in [2.45, 2.75) is 31.3 Å². The molecule has 2 atom stereocenters. The van der Waals surface area contributed by atoms with Gasteiger partial charge in [0, 0.05) is 11.6 Å². The molecule has 0 aliphatic carbocycles. The van der Waals surface area contributed by atoms with Crippen LogP contribution in [0, 0.1) is 0 Å². The SMILES string of the molecule is NC(=O)NC(CC(=O)N1CCCC1c1nc2ccccc2s1)c1ccccc1Cl. The summed E-state index contributed by atoms with van der Waals surface area (Å²) in [5.74, 6) is -0.0505. The third-order valence-electron chi connectivity index (χ3n) is 5.14. The Morgan fingerprint density at radius 2 is 2.00 bits per heavy atom.